The smallest absolute Gasteiger partial charge is 0.234 e. The number of thioether (sulfide) groups is 1. The molecular weight excluding hydrogens is 393 g/mol. The van der Waals surface area contributed by atoms with E-state index in [0.29, 0.717) is 27.7 Å². The maximum Gasteiger partial charge on any atom is 0.234 e. The highest BCUT2D eigenvalue weighted by atomic mass is 32.2. The molecule has 0 aliphatic heterocycles. The lowest BCUT2D eigenvalue weighted by atomic mass is 10.2. The molecule has 4 rings (SSSR count). The lowest BCUT2D eigenvalue weighted by Gasteiger charge is -2.06. The number of hydrogen-bond acceptors (Lipinski definition) is 6. The molecule has 4 aromatic rings. The number of fused-ring (bicyclic) bond motifs is 1. The fourth-order valence-corrected chi connectivity index (χ4v) is 3.29. The standard InChI is InChI=1S/C20H16FN5O2S/c1-28-16-8-6-15(7-9-16)22-18(27)12-29-19-11-10-17-23-24-20(26(17)25-19)13-2-4-14(21)5-3-13/h2-11H,12H2,1H3,(H,22,27). The summed E-state index contributed by atoms with van der Waals surface area (Å²) in [6, 6.07) is 16.6. The molecule has 7 nitrogen and oxygen atoms in total. The van der Waals surface area contributed by atoms with Crippen LogP contribution in [-0.4, -0.2) is 38.6 Å². The van der Waals surface area contributed by atoms with Crippen molar-refractivity contribution in [2.24, 2.45) is 0 Å². The van der Waals surface area contributed by atoms with E-state index in [2.05, 4.69) is 20.6 Å². The first-order valence-electron chi connectivity index (χ1n) is 8.67. The average molecular weight is 409 g/mol. The first kappa shape index (κ1) is 18.9. The Hall–Kier alpha value is -3.46. The van der Waals surface area contributed by atoms with Crippen molar-refractivity contribution in [2.45, 2.75) is 5.03 Å². The van der Waals surface area contributed by atoms with E-state index in [1.165, 1.54) is 23.9 Å². The SMILES string of the molecule is COc1ccc(NC(=O)CSc2ccc3nnc(-c4ccc(F)cc4)n3n2)cc1. The molecule has 29 heavy (non-hydrogen) atoms. The van der Waals surface area contributed by atoms with E-state index in [-0.39, 0.29) is 17.5 Å². The van der Waals surface area contributed by atoms with E-state index in [1.54, 1.807) is 60.2 Å². The maximum absolute atomic E-state index is 13.2. The number of nitrogens with one attached hydrogen (secondary N) is 1. The van der Waals surface area contributed by atoms with E-state index >= 15 is 0 Å². The second-order valence-electron chi connectivity index (χ2n) is 6.04. The number of ether oxygens (including phenoxy) is 1. The van der Waals surface area contributed by atoms with E-state index in [4.69, 9.17) is 4.74 Å². The zero-order valence-corrected chi connectivity index (χ0v) is 16.2. The molecule has 2 aromatic carbocycles. The van der Waals surface area contributed by atoms with Crippen LogP contribution in [0.4, 0.5) is 10.1 Å². The highest BCUT2D eigenvalue weighted by Gasteiger charge is 2.11. The van der Waals surface area contributed by atoms with Gasteiger partial charge in [0.1, 0.15) is 16.6 Å². The highest BCUT2D eigenvalue weighted by molar-refractivity contribution is 7.99. The molecule has 0 fully saturated rings. The molecule has 0 aliphatic rings. The summed E-state index contributed by atoms with van der Waals surface area (Å²) in [5.41, 5.74) is 1.96. The van der Waals surface area contributed by atoms with Gasteiger partial charge in [-0.1, -0.05) is 11.8 Å². The minimum absolute atomic E-state index is 0.149. The zero-order valence-electron chi connectivity index (χ0n) is 15.4. The van der Waals surface area contributed by atoms with Crippen molar-refractivity contribution in [3.8, 4) is 17.1 Å². The van der Waals surface area contributed by atoms with Gasteiger partial charge in [-0.25, -0.2) is 4.39 Å². The summed E-state index contributed by atoms with van der Waals surface area (Å²) < 4.78 is 19.9. The molecule has 1 amide bonds. The Bertz CT molecular complexity index is 1150. The number of carbonyl (C=O) groups excluding carboxylic acids is 1. The Labute approximate surface area is 169 Å². The average Bonchev–Trinajstić information content (AvgIpc) is 3.17. The van der Waals surface area contributed by atoms with Crippen LogP contribution < -0.4 is 10.1 Å². The van der Waals surface area contributed by atoms with E-state index in [9.17, 15) is 9.18 Å². The Morgan fingerprint density at radius 1 is 1.07 bits per heavy atom. The highest BCUT2D eigenvalue weighted by Crippen LogP contribution is 2.21. The number of rotatable bonds is 6. The maximum atomic E-state index is 13.2. The van der Waals surface area contributed by atoms with Crippen LogP contribution in [0.5, 0.6) is 5.75 Å². The van der Waals surface area contributed by atoms with Crippen molar-refractivity contribution in [1.29, 1.82) is 0 Å². The number of halogens is 1. The van der Waals surface area contributed by atoms with E-state index in [0.717, 1.165) is 5.75 Å². The largest absolute Gasteiger partial charge is 0.497 e. The minimum atomic E-state index is -0.324. The molecule has 2 heterocycles. The number of nitrogens with zero attached hydrogens (tertiary/aromatic N) is 4. The van der Waals surface area contributed by atoms with Crippen LogP contribution in [0.25, 0.3) is 17.0 Å². The summed E-state index contributed by atoms with van der Waals surface area (Å²) in [7, 11) is 1.59. The molecular formula is C20H16FN5O2S. The summed E-state index contributed by atoms with van der Waals surface area (Å²) in [4.78, 5) is 12.2. The Morgan fingerprint density at radius 3 is 2.55 bits per heavy atom. The predicted molar refractivity (Wildman–Crippen MR) is 109 cm³/mol. The normalized spacial score (nSPS) is 10.8. The van der Waals surface area contributed by atoms with Gasteiger partial charge in [-0.05, 0) is 60.7 Å². The number of methoxy groups -OCH3 is 1. The van der Waals surface area contributed by atoms with Crippen molar-refractivity contribution in [3.05, 3.63) is 66.5 Å². The van der Waals surface area contributed by atoms with Crippen molar-refractivity contribution in [1.82, 2.24) is 19.8 Å². The lowest BCUT2D eigenvalue weighted by Crippen LogP contribution is -2.14. The number of anilines is 1. The summed E-state index contributed by atoms with van der Waals surface area (Å²) in [5.74, 6) is 0.948. The van der Waals surface area contributed by atoms with Crippen LogP contribution in [0.2, 0.25) is 0 Å². The van der Waals surface area contributed by atoms with Crippen LogP contribution in [0, 0.1) is 5.82 Å². The van der Waals surface area contributed by atoms with Gasteiger partial charge in [-0.3, -0.25) is 4.79 Å². The van der Waals surface area contributed by atoms with Crippen molar-refractivity contribution in [2.75, 3.05) is 18.2 Å². The first-order chi connectivity index (χ1) is 14.1. The number of hydrogen-bond donors (Lipinski definition) is 1. The van der Waals surface area contributed by atoms with E-state index in [1.807, 2.05) is 0 Å². The summed E-state index contributed by atoms with van der Waals surface area (Å²) >= 11 is 1.30. The van der Waals surface area contributed by atoms with Gasteiger partial charge in [-0.15, -0.1) is 10.2 Å². The molecule has 0 radical (unpaired) electrons. The summed E-state index contributed by atoms with van der Waals surface area (Å²) in [6.45, 7) is 0. The fourth-order valence-electron chi connectivity index (χ4n) is 2.64. The zero-order chi connectivity index (χ0) is 20.2. The molecule has 0 aliphatic carbocycles. The quantitative estimate of drug-likeness (QED) is 0.490. The Morgan fingerprint density at radius 2 is 1.83 bits per heavy atom. The van der Waals surface area contributed by atoms with Crippen LogP contribution in [0.3, 0.4) is 0 Å². The molecule has 9 heteroatoms. The molecule has 2 aromatic heterocycles. The van der Waals surface area contributed by atoms with Gasteiger partial charge in [0, 0.05) is 11.3 Å². The monoisotopic (exact) mass is 409 g/mol. The fraction of sp³-hybridized carbons (Fsp3) is 0.100. The molecule has 0 unspecified atom stereocenters. The van der Waals surface area contributed by atoms with Gasteiger partial charge in [0.25, 0.3) is 0 Å². The van der Waals surface area contributed by atoms with Crippen molar-refractivity contribution >= 4 is 29.0 Å². The van der Waals surface area contributed by atoms with Crippen LogP contribution in [0.15, 0.2) is 65.7 Å². The second-order valence-corrected chi connectivity index (χ2v) is 7.03. The number of carbonyl (C=O) groups is 1. The van der Waals surface area contributed by atoms with Crippen molar-refractivity contribution in [3.63, 3.8) is 0 Å². The molecule has 1 N–H and O–H groups in total. The molecule has 0 spiro atoms. The number of aromatic nitrogens is 4. The van der Waals surface area contributed by atoms with Crippen molar-refractivity contribution < 1.29 is 13.9 Å². The van der Waals surface area contributed by atoms with Gasteiger partial charge in [-0.2, -0.15) is 9.61 Å². The molecule has 0 saturated carbocycles. The summed E-state index contributed by atoms with van der Waals surface area (Å²) in [5, 5.41) is 16.2. The first-order valence-corrected chi connectivity index (χ1v) is 9.66. The van der Waals surface area contributed by atoms with Crippen LogP contribution in [0.1, 0.15) is 0 Å². The predicted octanol–water partition coefficient (Wildman–Crippen LogP) is 3.67. The number of amides is 1. The molecule has 0 bridgehead atoms. The van der Waals surface area contributed by atoms with Gasteiger partial charge in [0.15, 0.2) is 11.5 Å². The number of benzene rings is 2. The van der Waals surface area contributed by atoms with Crippen LogP contribution >= 0.6 is 11.8 Å². The topological polar surface area (TPSA) is 81.4 Å². The minimum Gasteiger partial charge on any atom is -0.497 e. The van der Waals surface area contributed by atoms with Crippen LogP contribution in [-0.2, 0) is 4.79 Å². The second kappa shape index (κ2) is 8.27. The van der Waals surface area contributed by atoms with Gasteiger partial charge >= 0.3 is 0 Å². The van der Waals surface area contributed by atoms with Gasteiger partial charge < -0.3 is 10.1 Å². The Kier molecular flexibility index (Phi) is 5.39. The third-order valence-electron chi connectivity index (χ3n) is 4.07. The van der Waals surface area contributed by atoms with Gasteiger partial charge in [0.05, 0.1) is 12.9 Å². The molecule has 146 valence electrons. The molecule has 0 atom stereocenters. The molecule has 0 saturated heterocycles. The van der Waals surface area contributed by atoms with E-state index < -0.39 is 0 Å². The summed E-state index contributed by atoms with van der Waals surface area (Å²) in [6.07, 6.45) is 0. The Balaban J connectivity index is 1.45. The lowest BCUT2D eigenvalue weighted by molar-refractivity contribution is -0.113. The third kappa shape index (κ3) is 4.35. The van der Waals surface area contributed by atoms with Gasteiger partial charge in [0.2, 0.25) is 5.91 Å². The third-order valence-corrected chi connectivity index (χ3v) is 4.99.